The first-order chi connectivity index (χ1) is 12.7. The first-order valence-electron chi connectivity index (χ1n) is 8.86. The highest BCUT2D eigenvalue weighted by molar-refractivity contribution is 5.35. The van der Waals surface area contributed by atoms with Crippen molar-refractivity contribution >= 4 is 0 Å². The minimum absolute atomic E-state index is 0.202. The van der Waals surface area contributed by atoms with Crippen molar-refractivity contribution in [3.05, 3.63) is 78.4 Å². The minimum Gasteiger partial charge on any atom is -0.497 e. The van der Waals surface area contributed by atoms with Crippen molar-refractivity contribution in [1.29, 1.82) is 0 Å². The van der Waals surface area contributed by atoms with Crippen LogP contribution in [0.1, 0.15) is 23.6 Å². The van der Waals surface area contributed by atoms with Crippen molar-refractivity contribution in [3.8, 4) is 11.4 Å². The van der Waals surface area contributed by atoms with E-state index in [0.29, 0.717) is 6.54 Å². The second-order valence-electron chi connectivity index (χ2n) is 6.75. The third-order valence-corrected chi connectivity index (χ3v) is 4.98. The maximum Gasteiger partial charge on any atom is 0.119 e. The molecule has 1 N–H and O–H groups in total. The van der Waals surface area contributed by atoms with Crippen LogP contribution in [0.2, 0.25) is 0 Å². The second-order valence-corrected chi connectivity index (χ2v) is 6.75. The summed E-state index contributed by atoms with van der Waals surface area (Å²) in [6.45, 7) is 1.49. The van der Waals surface area contributed by atoms with E-state index in [1.807, 2.05) is 22.9 Å². The van der Waals surface area contributed by atoms with E-state index in [2.05, 4.69) is 46.3 Å². The summed E-state index contributed by atoms with van der Waals surface area (Å²) in [5.41, 5.74) is 3.52. The Morgan fingerprint density at radius 1 is 1.19 bits per heavy atom. The summed E-state index contributed by atoms with van der Waals surface area (Å²) >= 11 is 0. The van der Waals surface area contributed by atoms with Gasteiger partial charge in [-0.15, -0.1) is 0 Å². The Morgan fingerprint density at radius 2 is 2.04 bits per heavy atom. The zero-order chi connectivity index (χ0) is 17.9. The number of nitrogens with zero attached hydrogens (tertiary/aromatic N) is 3. The molecular weight excluding hydrogens is 326 g/mol. The van der Waals surface area contributed by atoms with Gasteiger partial charge < -0.3 is 14.4 Å². The smallest absolute Gasteiger partial charge is 0.119 e. The summed E-state index contributed by atoms with van der Waals surface area (Å²) in [5.74, 6) is 0.855. The van der Waals surface area contributed by atoms with E-state index in [1.165, 1.54) is 11.1 Å². The highest BCUT2D eigenvalue weighted by Crippen LogP contribution is 2.34. The Labute approximate surface area is 153 Å². The lowest BCUT2D eigenvalue weighted by Crippen LogP contribution is -2.24. The number of aromatic nitrogens is 2. The molecule has 1 saturated heterocycles. The molecule has 2 heterocycles. The van der Waals surface area contributed by atoms with Gasteiger partial charge in [0.2, 0.25) is 0 Å². The van der Waals surface area contributed by atoms with Crippen LogP contribution in [0.5, 0.6) is 5.75 Å². The molecule has 3 aromatic rings. The number of β-amino-alcohol motifs (C(OH)–C–C–N with tert-alkyl or cyclic N) is 1. The lowest BCUT2D eigenvalue weighted by molar-refractivity contribution is 0.172. The molecule has 1 aliphatic heterocycles. The van der Waals surface area contributed by atoms with Crippen LogP contribution in [0, 0.1) is 0 Å². The van der Waals surface area contributed by atoms with E-state index < -0.39 is 0 Å². The molecule has 0 spiro atoms. The molecule has 0 bridgehead atoms. The molecule has 134 valence electrons. The topological polar surface area (TPSA) is 50.5 Å². The fourth-order valence-electron chi connectivity index (χ4n) is 3.67. The largest absolute Gasteiger partial charge is 0.497 e. The SMILES string of the molecule is COc1cccc([C@@H]2C[C@H](O)CN2Cc2ccc(-n3ccnc3)cc2)c1. The second kappa shape index (κ2) is 7.32. The average molecular weight is 349 g/mol. The average Bonchev–Trinajstić information content (AvgIpc) is 3.32. The Bertz CT molecular complexity index is 846. The zero-order valence-electron chi connectivity index (χ0n) is 14.8. The lowest BCUT2D eigenvalue weighted by Gasteiger charge is -2.25. The van der Waals surface area contributed by atoms with Gasteiger partial charge in [-0.2, -0.15) is 0 Å². The highest BCUT2D eigenvalue weighted by Gasteiger charge is 2.32. The normalized spacial score (nSPS) is 20.4. The molecule has 2 aromatic carbocycles. The van der Waals surface area contributed by atoms with Crippen LogP contribution in [0.3, 0.4) is 0 Å². The van der Waals surface area contributed by atoms with Crippen molar-refractivity contribution in [2.24, 2.45) is 0 Å². The van der Waals surface area contributed by atoms with Gasteiger partial charge in [0.25, 0.3) is 0 Å². The molecule has 0 aliphatic carbocycles. The van der Waals surface area contributed by atoms with Gasteiger partial charge in [0.05, 0.1) is 19.5 Å². The van der Waals surface area contributed by atoms with Crippen LogP contribution < -0.4 is 4.74 Å². The molecular formula is C21H23N3O2. The minimum atomic E-state index is -0.295. The van der Waals surface area contributed by atoms with Crippen LogP contribution in [-0.2, 0) is 6.54 Å². The number of likely N-dealkylation sites (tertiary alicyclic amines) is 1. The summed E-state index contributed by atoms with van der Waals surface area (Å²) in [4.78, 5) is 6.43. The molecule has 0 radical (unpaired) electrons. The fraction of sp³-hybridized carbons (Fsp3) is 0.286. The molecule has 0 amide bonds. The zero-order valence-corrected chi connectivity index (χ0v) is 14.8. The van der Waals surface area contributed by atoms with Crippen LogP contribution in [-0.4, -0.2) is 39.3 Å². The van der Waals surface area contributed by atoms with E-state index in [9.17, 15) is 5.11 Å². The number of hydrogen-bond acceptors (Lipinski definition) is 4. The Balaban J connectivity index is 1.52. The van der Waals surface area contributed by atoms with Gasteiger partial charge >= 0.3 is 0 Å². The van der Waals surface area contributed by atoms with E-state index in [4.69, 9.17) is 4.74 Å². The quantitative estimate of drug-likeness (QED) is 0.769. The Kier molecular flexibility index (Phi) is 4.73. The highest BCUT2D eigenvalue weighted by atomic mass is 16.5. The van der Waals surface area contributed by atoms with Crippen molar-refractivity contribution in [3.63, 3.8) is 0 Å². The molecule has 1 aromatic heterocycles. The van der Waals surface area contributed by atoms with Gasteiger partial charge in [0.15, 0.2) is 0 Å². The number of benzene rings is 2. The molecule has 0 unspecified atom stereocenters. The number of aliphatic hydroxyl groups excluding tert-OH is 1. The van der Waals surface area contributed by atoms with Gasteiger partial charge in [0.1, 0.15) is 5.75 Å². The number of rotatable bonds is 5. The van der Waals surface area contributed by atoms with E-state index >= 15 is 0 Å². The maximum atomic E-state index is 10.2. The molecule has 1 aliphatic rings. The van der Waals surface area contributed by atoms with E-state index in [-0.39, 0.29) is 12.1 Å². The third kappa shape index (κ3) is 3.49. The number of ether oxygens (including phenoxy) is 1. The standard InChI is InChI=1S/C21H23N3O2/c1-26-20-4-2-3-17(11-20)21-12-19(25)14-24(21)13-16-5-7-18(8-6-16)23-10-9-22-15-23/h2-11,15,19,21,25H,12-14H2,1H3/t19-,21-/m0/s1. The van der Waals surface area contributed by atoms with Crippen molar-refractivity contribution in [2.45, 2.75) is 25.1 Å². The summed E-state index contributed by atoms with van der Waals surface area (Å²) in [6, 6.07) is 16.8. The van der Waals surface area contributed by atoms with Crippen LogP contribution in [0.25, 0.3) is 5.69 Å². The van der Waals surface area contributed by atoms with E-state index in [0.717, 1.165) is 24.4 Å². The monoisotopic (exact) mass is 349 g/mol. The van der Waals surface area contributed by atoms with Crippen molar-refractivity contribution in [1.82, 2.24) is 14.5 Å². The summed E-state index contributed by atoms with van der Waals surface area (Å²) < 4.78 is 7.34. The molecule has 0 saturated carbocycles. The number of imidazole rings is 1. The number of hydrogen-bond donors (Lipinski definition) is 1. The molecule has 1 fully saturated rings. The number of aliphatic hydroxyl groups is 1. The first-order valence-corrected chi connectivity index (χ1v) is 8.86. The predicted octanol–water partition coefficient (Wildman–Crippen LogP) is 3.19. The van der Waals surface area contributed by atoms with Gasteiger partial charge in [-0.05, 0) is 41.8 Å². The first kappa shape index (κ1) is 16.8. The van der Waals surface area contributed by atoms with Crippen LogP contribution >= 0.6 is 0 Å². The Morgan fingerprint density at radius 3 is 2.77 bits per heavy atom. The van der Waals surface area contributed by atoms with Gasteiger partial charge in [0, 0.05) is 37.2 Å². The van der Waals surface area contributed by atoms with Gasteiger partial charge in [-0.25, -0.2) is 4.98 Å². The molecule has 2 atom stereocenters. The Hall–Kier alpha value is -2.63. The third-order valence-electron chi connectivity index (χ3n) is 4.98. The summed E-state index contributed by atoms with van der Waals surface area (Å²) in [5, 5.41) is 10.2. The molecule has 26 heavy (non-hydrogen) atoms. The van der Waals surface area contributed by atoms with Crippen LogP contribution in [0.15, 0.2) is 67.3 Å². The molecule has 5 nitrogen and oxygen atoms in total. The van der Waals surface area contributed by atoms with Gasteiger partial charge in [-0.3, -0.25) is 4.90 Å². The number of methoxy groups -OCH3 is 1. The summed E-state index contributed by atoms with van der Waals surface area (Å²) in [7, 11) is 1.68. The molecule has 5 heteroatoms. The van der Waals surface area contributed by atoms with Crippen LogP contribution in [0.4, 0.5) is 0 Å². The molecule has 4 rings (SSSR count). The van der Waals surface area contributed by atoms with E-state index in [1.54, 1.807) is 19.6 Å². The summed E-state index contributed by atoms with van der Waals surface area (Å²) in [6.07, 6.45) is 5.96. The maximum absolute atomic E-state index is 10.2. The predicted molar refractivity (Wildman–Crippen MR) is 100 cm³/mol. The van der Waals surface area contributed by atoms with Crippen molar-refractivity contribution < 1.29 is 9.84 Å². The lowest BCUT2D eigenvalue weighted by atomic mass is 10.0. The van der Waals surface area contributed by atoms with Crippen molar-refractivity contribution in [2.75, 3.05) is 13.7 Å². The van der Waals surface area contributed by atoms with Gasteiger partial charge in [-0.1, -0.05) is 24.3 Å². The fourth-order valence-corrected chi connectivity index (χ4v) is 3.67.